The second-order valence-corrected chi connectivity index (χ2v) is 5.22. The molecule has 0 saturated carbocycles. The average Bonchev–Trinajstić information content (AvgIpc) is 2.94. The summed E-state index contributed by atoms with van der Waals surface area (Å²) < 4.78 is 12.5. The van der Waals surface area contributed by atoms with Crippen molar-refractivity contribution < 1.29 is 14.3 Å². The molecule has 0 fully saturated rings. The van der Waals surface area contributed by atoms with E-state index in [1.54, 1.807) is 7.11 Å². The minimum atomic E-state index is -0.255. The van der Waals surface area contributed by atoms with Gasteiger partial charge in [-0.2, -0.15) is 0 Å². The van der Waals surface area contributed by atoms with Crippen LogP contribution in [0.15, 0.2) is 30.3 Å². The van der Waals surface area contributed by atoms with Crippen LogP contribution in [0.3, 0.4) is 0 Å². The fourth-order valence-corrected chi connectivity index (χ4v) is 2.98. The van der Waals surface area contributed by atoms with Crippen LogP contribution in [0.1, 0.15) is 28.9 Å². The Morgan fingerprint density at radius 1 is 1.19 bits per heavy atom. The molecule has 0 radical (unpaired) electrons. The van der Waals surface area contributed by atoms with Gasteiger partial charge >= 0.3 is 5.97 Å². The number of hydrogen-bond donors (Lipinski definition) is 0. The molecule has 0 aliphatic carbocycles. The van der Waals surface area contributed by atoms with Crippen LogP contribution in [-0.4, -0.2) is 24.8 Å². The summed E-state index contributed by atoms with van der Waals surface area (Å²) in [5.74, 6) is 0.563. The van der Waals surface area contributed by atoms with Crippen molar-refractivity contribution in [2.24, 2.45) is 0 Å². The Hall–Kier alpha value is -2.23. The molecule has 3 rings (SSSR count). The molecular weight excluding hydrogens is 266 g/mol. The van der Waals surface area contributed by atoms with Gasteiger partial charge in [0.25, 0.3) is 0 Å². The van der Waals surface area contributed by atoms with Crippen LogP contribution in [0.5, 0.6) is 5.75 Å². The number of fused-ring (bicyclic) bond motifs is 1. The van der Waals surface area contributed by atoms with E-state index in [0.717, 1.165) is 48.5 Å². The molecule has 1 aromatic carbocycles. The smallest absolute Gasteiger partial charge is 0.339 e. The summed E-state index contributed by atoms with van der Waals surface area (Å²) in [6.07, 6.45) is 3.18. The predicted molar refractivity (Wildman–Crippen MR) is 80.7 cm³/mol. The van der Waals surface area contributed by atoms with Gasteiger partial charge in [0.05, 0.1) is 19.8 Å². The normalized spacial score (nSPS) is 13.6. The molecule has 0 atom stereocenters. The zero-order valence-electron chi connectivity index (χ0n) is 12.4. The molecule has 0 spiro atoms. The molecule has 0 N–H and O–H groups in total. The number of carbonyl (C=O) groups is 1. The van der Waals surface area contributed by atoms with Crippen LogP contribution >= 0.6 is 0 Å². The highest BCUT2D eigenvalue weighted by molar-refractivity contribution is 5.93. The zero-order chi connectivity index (χ0) is 14.8. The summed E-state index contributed by atoms with van der Waals surface area (Å²) in [5, 5.41) is 0. The second-order valence-electron chi connectivity index (χ2n) is 5.22. The number of esters is 1. The van der Waals surface area contributed by atoms with Crippen molar-refractivity contribution in [2.45, 2.75) is 25.8 Å². The lowest BCUT2D eigenvalue weighted by Crippen LogP contribution is -2.14. The summed E-state index contributed by atoms with van der Waals surface area (Å²) in [6, 6.07) is 9.87. The van der Waals surface area contributed by atoms with E-state index in [1.807, 2.05) is 30.3 Å². The molecule has 1 aliphatic rings. The van der Waals surface area contributed by atoms with Crippen LogP contribution in [0, 0.1) is 0 Å². The molecule has 0 bridgehead atoms. The van der Waals surface area contributed by atoms with E-state index in [1.165, 1.54) is 7.11 Å². The van der Waals surface area contributed by atoms with E-state index in [-0.39, 0.29) is 5.97 Å². The van der Waals surface area contributed by atoms with Crippen molar-refractivity contribution in [2.75, 3.05) is 14.2 Å². The molecule has 1 aliphatic heterocycles. The highest BCUT2D eigenvalue weighted by Gasteiger charge is 2.23. The SMILES string of the molecule is COC(=O)c1cc(-c2cccc(OC)c2)n2c1CCCC2. The van der Waals surface area contributed by atoms with Crippen molar-refractivity contribution >= 4 is 5.97 Å². The molecule has 4 heteroatoms. The van der Waals surface area contributed by atoms with Gasteiger partial charge in [-0.05, 0) is 37.5 Å². The Kier molecular flexibility index (Phi) is 3.69. The fourth-order valence-electron chi connectivity index (χ4n) is 2.98. The van der Waals surface area contributed by atoms with Crippen molar-refractivity contribution in [3.8, 4) is 17.0 Å². The minimum absolute atomic E-state index is 0.255. The number of nitrogens with zero attached hydrogens (tertiary/aromatic N) is 1. The topological polar surface area (TPSA) is 40.5 Å². The monoisotopic (exact) mass is 285 g/mol. The number of methoxy groups -OCH3 is 2. The Morgan fingerprint density at radius 3 is 2.81 bits per heavy atom. The van der Waals surface area contributed by atoms with Crippen molar-refractivity contribution in [1.82, 2.24) is 4.57 Å². The van der Waals surface area contributed by atoms with Gasteiger partial charge in [0.1, 0.15) is 5.75 Å². The lowest BCUT2D eigenvalue weighted by atomic mass is 10.1. The van der Waals surface area contributed by atoms with Crippen LogP contribution in [0.4, 0.5) is 0 Å². The molecule has 4 nitrogen and oxygen atoms in total. The molecular formula is C17H19NO3. The van der Waals surface area contributed by atoms with Gasteiger partial charge in [-0.15, -0.1) is 0 Å². The summed E-state index contributed by atoms with van der Waals surface area (Å²) in [6.45, 7) is 0.943. The Labute approximate surface area is 124 Å². The van der Waals surface area contributed by atoms with Crippen LogP contribution < -0.4 is 4.74 Å². The lowest BCUT2D eigenvalue weighted by Gasteiger charge is -2.19. The van der Waals surface area contributed by atoms with Crippen LogP contribution in [0.25, 0.3) is 11.3 Å². The summed E-state index contributed by atoms with van der Waals surface area (Å²) in [7, 11) is 3.09. The number of benzene rings is 1. The lowest BCUT2D eigenvalue weighted by molar-refractivity contribution is 0.0599. The maximum atomic E-state index is 12.0. The number of hydrogen-bond acceptors (Lipinski definition) is 3. The van der Waals surface area contributed by atoms with Gasteiger partial charge in [0, 0.05) is 23.5 Å². The first-order valence-electron chi connectivity index (χ1n) is 7.19. The van der Waals surface area contributed by atoms with Gasteiger partial charge in [0.2, 0.25) is 0 Å². The molecule has 2 aromatic rings. The van der Waals surface area contributed by atoms with Crippen LogP contribution in [0.2, 0.25) is 0 Å². The third-order valence-electron chi connectivity index (χ3n) is 4.02. The molecule has 0 unspecified atom stereocenters. The first-order valence-corrected chi connectivity index (χ1v) is 7.19. The van der Waals surface area contributed by atoms with Crippen LogP contribution in [-0.2, 0) is 17.7 Å². The zero-order valence-corrected chi connectivity index (χ0v) is 12.4. The van der Waals surface area contributed by atoms with Gasteiger partial charge in [-0.3, -0.25) is 0 Å². The Bertz CT molecular complexity index is 673. The first kappa shape index (κ1) is 13.7. The van der Waals surface area contributed by atoms with E-state index in [0.29, 0.717) is 5.56 Å². The Morgan fingerprint density at radius 2 is 2.05 bits per heavy atom. The number of carbonyl (C=O) groups excluding carboxylic acids is 1. The van der Waals surface area contributed by atoms with E-state index in [9.17, 15) is 4.79 Å². The molecule has 1 aromatic heterocycles. The van der Waals surface area contributed by atoms with Gasteiger partial charge in [0.15, 0.2) is 0 Å². The standard InChI is InChI=1S/C17H19NO3/c1-20-13-7-5-6-12(10-13)16-11-14(17(19)21-2)15-8-3-4-9-18(15)16/h5-7,10-11H,3-4,8-9H2,1-2H3. The molecule has 0 amide bonds. The molecule has 2 heterocycles. The molecule has 0 saturated heterocycles. The average molecular weight is 285 g/mol. The summed E-state index contributed by atoms with van der Waals surface area (Å²) in [4.78, 5) is 12.0. The quantitative estimate of drug-likeness (QED) is 0.812. The van der Waals surface area contributed by atoms with Crippen molar-refractivity contribution in [3.63, 3.8) is 0 Å². The largest absolute Gasteiger partial charge is 0.497 e. The number of ether oxygens (including phenoxy) is 2. The fraction of sp³-hybridized carbons (Fsp3) is 0.353. The third-order valence-corrected chi connectivity index (χ3v) is 4.02. The maximum Gasteiger partial charge on any atom is 0.339 e. The van der Waals surface area contributed by atoms with E-state index >= 15 is 0 Å². The van der Waals surface area contributed by atoms with Crippen molar-refractivity contribution in [1.29, 1.82) is 0 Å². The third kappa shape index (κ3) is 2.42. The van der Waals surface area contributed by atoms with Gasteiger partial charge in [-0.1, -0.05) is 12.1 Å². The highest BCUT2D eigenvalue weighted by atomic mass is 16.5. The number of rotatable bonds is 3. The molecule has 110 valence electrons. The van der Waals surface area contributed by atoms with E-state index < -0.39 is 0 Å². The first-order chi connectivity index (χ1) is 10.2. The van der Waals surface area contributed by atoms with Crippen molar-refractivity contribution in [3.05, 3.63) is 41.6 Å². The summed E-state index contributed by atoms with van der Waals surface area (Å²) in [5.41, 5.74) is 3.90. The molecule has 21 heavy (non-hydrogen) atoms. The summed E-state index contributed by atoms with van der Waals surface area (Å²) >= 11 is 0. The maximum absolute atomic E-state index is 12.0. The van der Waals surface area contributed by atoms with E-state index in [4.69, 9.17) is 9.47 Å². The number of aromatic nitrogens is 1. The minimum Gasteiger partial charge on any atom is -0.497 e. The van der Waals surface area contributed by atoms with E-state index in [2.05, 4.69) is 4.57 Å². The predicted octanol–water partition coefficient (Wildman–Crippen LogP) is 3.29. The van der Waals surface area contributed by atoms with Gasteiger partial charge in [-0.25, -0.2) is 4.79 Å². The second kappa shape index (κ2) is 5.64. The highest BCUT2D eigenvalue weighted by Crippen LogP contribution is 2.32. The Balaban J connectivity index is 2.13. The van der Waals surface area contributed by atoms with Gasteiger partial charge < -0.3 is 14.0 Å².